The van der Waals surface area contributed by atoms with Gasteiger partial charge in [-0.05, 0) is 26.0 Å². The van der Waals surface area contributed by atoms with E-state index in [-0.39, 0.29) is 0 Å². The number of rotatable bonds is 4. The number of aromatic nitrogens is 4. The average molecular weight is 231 g/mol. The van der Waals surface area contributed by atoms with Gasteiger partial charge in [0.2, 0.25) is 0 Å². The lowest BCUT2D eigenvalue weighted by Crippen LogP contribution is -2.14. The third-order valence-electron chi connectivity index (χ3n) is 2.55. The summed E-state index contributed by atoms with van der Waals surface area (Å²) in [6.07, 6.45) is 5.57. The van der Waals surface area contributed by atoms with E-state index in [1.54, 1.807) is 10.9 Å². The summed E-state index contributed by atoms with van der Waals surface area (Å²) in [7, 11) is 0. The summed E-state index contributed by atoms with van der Waals surface area (Å²) < 4.78 is 1.69. The Hall–Kier alpha value is -1.75. The van der Waals surface area contributed by atoms with Crippen molar-refractivity contribution in [3.8, 4) is 5.95 Å². The van der Waals surface area contributed by atoms with Gasteiger partial charge in [0.15, 0.2) is 0 Å². The van der Waals surface area contributed by atoms with E-state index < -0.39 is 0 Å². The summed E-state index contributed by atoms with van der Waals surface area (Å²) in [6.45, 7) is 7.82. The van der Waals surface area contributed by atoms with Crippen molar-refractivity contribution in [1.29, 1.82) is 0 Å². The first-order valence-electron chi connectivity index (χ1n) is 5.75. The molecule has 0 radical (unpaired) electrons. The fourth-order valence-electron chi connectivity index (χ4n) is 1.55. The van der Waals surface area contributed by atoms with Gasteiger partial charge in [-0.15, -0.1) is 0 Å². The predicted octanol–water partition coefficient (Wildman–Crippen LogP) is 1.39. The van der Waals surface area contributed by atoms with Crippen LogP contribution >= 0.6 is 0 Å². The maximum absolute atomic E-state index is 4.46. The highest BCUT2D eigenvalue weighted by Gasteiger charge is 2.05. The van der Waals surface area contributed by atoms with Gasteiger partial charge < -0.3 is 5.32 Å². The molecule has 5 nitrogen and oxygen atoms in total. The normalized spacial score (nSPS) is 10.8. The number of hydrogen-bond donors (Lipinski definition) is 1. The first kappa shape index (κ1) is 11.7. The zero-order valence-corrected chi connectivity index (χ0v) is 10.4. The molecule has 0 atom stereocenters. The molecule has 0 aromatic carbocycles. The lowest BCUT2D eigenvalue weighted by molar-refractivity contribution is 0.709. The van der Waals surface area contributed by atoms with E-state index in [2.05, 4.69) is 27.3 Å². The van der Waals surface area contributed by atoms with E-state index in [4.69, 9.17) is 0 Å². The van der Waals surface area contributed by atoms with E-state index in [1.165, 1.54) is 0 Å². The quantitative estimate of drug-likeness (QED) is 0.864. The largest absolute Gasteiger partial charge is 0.313 e. The molecule has 0 saturated carbocycles. The van der Waals surface area contributed by atoms with Gasteiger partial charge in [0.25, 0.3) is 5.95 Å². The van der Waals surface area contributed by atoms with E-state index in [9.17, 15) is 0 Å². The monoisotopic (exact) mass is 231 g/mol. The molecule has 0 aliphatic rings. The van der Waals surface area contributed by atoms with Crippen LogP contribution in [0.25, 0.3) is 5.95 Å². The molecule has 0 bridgehead atoms. The summed E-state index contributed by atoms with van der Waals surface area (Å²) in [5.41, 5.74) is 3.21. The van der Waals surface area contributed by atoms with Crippen LogP contribution in [0.2, 0.25) is 0 Å². The lowest BCUT2D eigenvalue weighted by atomic mass is 10.2. The van der Waals surface area contributed by atoms with Crippen LogP contribution in [0.3, 0.4) is 0 Å². The van der Waals surface area contributed by atoms with Crippen molar-refractivity contribution in [2.24, 2.45) is 0 Å². The van der Waals surface area contributed by atoms with Crippen molar-refractivity contribution in [2.75, 3.05) is 6.54 Å². The third-order valence-corrected chi connectivity index (χ3v) is 2.55. The molecule has 0 aliphatic carbocycles. The van der Waals surface area contributed by atoms with Crippen LogP contribution in [-0.2, 0) is 6.54 Å². The molecule has 2 aromatic rings. The minimum absolute atomic E-state index is 0.621. The molecule has 17 heavy (non-hydrogen) atoms. The molecular formula is C12H17N5. The number of aryl methyl sites for hydroxylation is 2. The van der Waals surface area contributed by atoms with E-state index >= 15 is 0 Å². The second kappa shape index (κ2) is 5.05. The minimum atomic E-state index is 0.621. The highest BCUT2D eigenvalue weighted by molar-refractivity contribution is 5.22. The molecule has 0 amide bonds. The number of nitrogens with zero attached hydrogens (tertiary/aromatic N) is 4. The van der Waals surface area contributed by atoms with Gasteiger partial charge in [-0.3, -0.25) is 0 Å². The summed E-state index contributed by atoms with van der Waals surface area (Å²) in [5, 5.41) is 7.46. The van der Waals surface area contributed by atoms with Crippen LogP contribution in [0, 0.1) is 13.8 Å². The molecule has 0 unspecified atom stereocenters. The van der Waals surface area contributed by atoms with Crippen LogP contribution in [0.1, 0.15) is 23.7 Å². The van der Waals surface area contributed by atoms with Crippen LogP contribution in [-0.4, -0.2) is 26.3 Å². The molecule has 2 rings (SSSR count). The Labute approximate surface area is 101 Å². The van der Waals surface area contributed by atoms with E-state index in [0.717, 1.165) is 29.9 Å². The molecular weight excluding hydrogens is 214 g/mol. The van der Waals surface area contributed by atoms with Crippen molar-refractivity contribution >= 4 is 0 Å². The zero-order chi connectivity index (χ0) is 12.3. The highest BCUT2D eigenvalue weighted by Crippen LogP contribution is 2.07. The van der Waals surface area contributed by atoms with Crippen LogP contribution in [0.4, 0.5) is 0 Å². The second-order valence-electron chi connectivity index (χ2n) is 4.02. The Balaban J connectivity index is 2.24. The summed E-state index contributed by atoms with van der Waals surface area (Å²) in [5.74, 6) is 0.621. The highest BCUT2D eigenvalue weighted by atomic mass is 15.3. The van der Waals surface area contributed by atoms with Gasteiger partial charge in [-0.2, -0.15) is 5.10 Å². The Kier molecular flexibility index (Phi) is 3.49. The van der Waals surface area contributed by atoms with Gasteiger partial charge in [0.1, 0.15) is 0 Å². The fourth-order valence-corrected chi connectivity index (χ4v) is 1.55. The molecule has 0 fully saturated rings. The molecule has 5 heteroatoms. The van der Waals surface area contributed by atoms with Crippen molar-refractivity contribution in [3.63, 3.8) is 0 Å². The Morgan fingerprint density at radius 3 is 2.71 bits per heavy atom. The maximum atomic E-state index is 4.46. The van der Waals surface area contributed by atoms with E-state index in [1.807, 2.05) is 26.2 Å². The van der Waals surface area contributed by atoms with Crippen LogP contribution in [0.5, 0.6) is 0 Å². The zero-order valence-electron chi connectivity index (χ0n) is 10.4. The SMILES string of the molecule is CCNCc1cnc(-n2cc(C)cn2)nc1C. The van der Waals surface area contributed by atoms with Gasteiger partial charge in [0, 0.05) is 30.2 Å². The first-order valence-corrected chi connectivity index (χ1v) is 5.75. The Morgan fingerprint density at radius 1 is 1.29 bits per heavy atom. The van der Waals surface area contributed by atoms with Gasteiger partial charge in [-0.25, -0.2) is 14.6 Å². The lowest BCUT2D eigenvalue weighted by Gasteiger charge is -2.06. The standard InChI is InChI=1S/C12H17N5/c1-4-13-6-11-7-14-12(16-10(11)3)17-8-9(2)5-15-17/h5,7-8,13H,4,6H2,1-3H3. The molecule has 90 valence electrons. The fraction of sp³-hybridized carbons (Fsp3) is 0.417. The van der Waals surface area contributed by atoms with Gasteiger partial charge in [-0.1, -0.05) is 6.92 Å². The summed E-state index contributed by atoms with van der Waals surface area (Å²) >= 11 is 0. The van der Waals surface area contributed by atoms with Crippen LogP contribution in [0.15, 0.2) is 18.6 Å². The minimum Gasteiger partial charge on any atom is -0.313 e. The number of nitrogens with one attached hydrogen (secondary N) is 1. The van der Waals surface area contributed by atoms with Crippen molar-refractivity contribution in [3.05, 3.63) is 35.4 Å². The van der Waals surface area contributed by atoms with Crippen molar-refractivity contribution in [1.82, 2.24) is 25.1 Å². The third kappa shape index (κ3) is 2.68. The average Bonchev–Trinajstić information content (AvgIpc) is 2.74. The molecule has 0 spiro atoms. The maximum Gasteiger partial charge on any atom is 0.250 e. The molecule has 2 heterocycles. The topological polar surface area (TPSA) is 55.6 Å². The van der Waals surface area contributed by atoms with Crippen LogP contribution < -0.4 is 5.32 Å². The number of hydrogen-bond acceptors (Lipinski definition) is 4. The first-order chi connectivity index (χ1) is 8.20. The molecule has 0 aliphatic heterocycles. The molecule has 0 saturated heterocycles. The van der Waals surface area contributed by atoms with E-state index in [0.29, 0.717) is 5.95 Å². The molecule has 2 aromatic heterocycles. The van der Waals surface area contributed by atoms with Crippen molar-refractivity contribution in [2.45, 2.75) is 27.3 Å². The Bertz CT molecular complexity index is 503. The van der Waals surface area contributed by atoms with Crippen molar-refractivity contribution < 1.29 is 0 Å². The van der Waals surface area contributed by atoms with Gasteiger partial charge in [0.05, 0.1) is 6.20 Å². The summed E-state index contributed by atoms with van der Waals surface area (Å²) in [6, 6.07) is 0. The Morgan fingerprint density at radius 2 is 2.12 bits per heavy atom. The molecule has 1 N–H and O–H groups in total. The second-order valence-corrected chi connectivity index (χ2v) is 4.02. The predicted molar refractivity (Wildman–Crippen MR) is 66.0 cm³/mol. The smallest absolute Gasteiger partial charge is 0.250 e. The van der Waals surface area contributed by atoms with Gasteiger partial charge >= 0.3 is 0 Å². The summed E-state index contributed by atoms with van der Waals surface area (Å²) in [4.78, 5) is 8.78.